The lowest BCUT2D eigenvalue weighted by Gasteiger charge is -2.22. The van der Waals surface area contributed by atoms with Gasteiger partial charge in [0, 0.05) is 88.5 Å². The third kappa shape index (κ3) is 16.0. The van der Waals surface area contributed by atoms with Gasteiger partial charge in [-0.25, -0.2) is 29.6 Å². The molecule has 6 aliphatic heterocycles. The Labute approximate surface area is 833 Å². The summed E-state index contributed by atoms with van der Waals surface area (Å²) in [6.45, 7) is 38.9. The number of ether oxygens (including phenoxy) is 2. The highest BCUT2D eigenvalue weighted by atomic mass is 16.6. The monoisotopic (exact) mass is 1890 g/mol. The minimum absolute atomic E-state index is 0.0677. The van der Waals surface area contributed by atoms with Crippen molar-refractivity contribution in [3.05, 3.63) is 490 Å². The Bertz CT molecular complexity index is 8520. The smallest absolute Gasteiger partial charge is 0.343 e. The molecular formula is C126H108N10O8. The third-order valence-electron chi connectivity index (χ3n) is 28.6. The van der Waals surface area contributed by atoms with Gasteiger partial charge in [-0.1, -0.05) is 343 Å². The van der Waals surface area contributed by atoms with Gasteiger partial charge in [0.15, 0.2) is 22.9 Å². The Morgan fingerprint density at radius 2 is 0.583 bits per heavy atom. The number of aromatic nitrogens is 4. The van der Waals surface area contributed by atoms with Crippen molar-refractivity contribution in [1.29, 1.82) is 0 Å². The standard InChI is InChI=1S/C126H108N10O8/c1-121(2,3)77-47-39-71(40-48-77)101-89-59-61-91(127-89)105-83-57-55-81(125(13,14)15)63-85(83)99(69-31-23-19-24-32-69)107-115(105)133-111(117(107)143-119(137)75-35-27-21-28-36-75)95-65-87(109(131-95)103(93-67-97(135(139)140)113(101)129-93)73-43-51-79(52-44-73)123(7,8)9)88-66-96-112-118(144-120(138)76-37-29-22-30-38-76)108-100(70-33-25-20-26-34-70)86-64-82(126(16,17)18)56-58-84(86)106(116(108)134-112)92-62-60-90(128-92)102(72-41-49-78(50-42-72)122(4,5)6)114-98(136(141)142)68-94(130-114)104(110(88)132-96)74-45-53-80(54-46-74)124(10,11)12/h19-68,127-128,131-132H,1-18H3. The molecule has 16 bridgehead atoms. The summed E-state index contributed by atoms with van der Waals surface area (Å²) in [7, 11) is 0. The first-order valence-electron chi connectivity index (χ1n) is 49.0. The fourth-order valence-electron chi connectivity index (χ4n) is 20.8. The van der Waals surface area contributed by atoms with Crippen molar-refractivity contribution in [1.82, 2.24) is 19.9 Å². The number of hydrogen-bond donors (Lipinski definition) is 4. The van der Waals surface area contributed by atoms with E-state index in [1.807, 2.05) is 133 Å². The van der Waals surface area contributed by atoms with Gasteiger partial charge in [-0.05, 0) is 194 Å². The number of rotatable bonds is 13. The maximum Gasteiger partial charge on any atom is 0.343 e. The van der Waals surface area contributed by atoms with Crippen molar-refractivity contribution in [2.75, 3.05) is 0 Å². The fourth-order valence-corrected chi connectivity index (χ4v) is 20.8. The summed E-state index contributed by atoms with van der Waals surface area (Å²) in [4.78, 5) is 101. The van der Waals surface area contributed by atoms with Crippen LogP contribution in [0.4, 0.5) is 0 Å². The Morgan fingerprint density at radius 3 is 0.889 bits per heavy atom. The van der Waals surface area contributed by atoms with Crippen LogP contribution in [0, 0.1) is 41.4 Å². The van der Waals surface area contributed by atoms with Crippen LogP contribution >= 0.6 is 0 Å². The number of nitrogens with zero attached hydrogens (tertiary/aromatic N) is 6. The van der Waals surface area contributed by atoms with E-state index in [4.69, 9.17) is 29.4 Å². The lowest BCUT2D eigenvalue weighted by molar-refractivity contribution is -0.414. The van der Waals surface area contributed by atoms with Crippen LogP contribution in [0.1, 0.15) is 235 Å². The van der Waals surface area contributed by atoms with Gasteiger partial charge in [0.1, 0.15) is 11.4 Å². The van der Waals surface area contributed by atoms with Gasteiger partial charge in [-0.2, -0.15) is 0 Å². The number of carbonyl (C=O) groups is 2. The third-order valence-corrected chi connectivity index (χ3v) is 28.6. The molecule has 6 aliphatic rings. The number of hydrogen-bond acceptors (Lipinski definition) is 12. The largest absolute Gasteiger partial charge is 0.420 e. The van der Waals surface area contributed by atoms with Crippen LogP contribution in [0.5, 0.6) is 0 Å². The zero-order valence-electron chi connectivity index (χ0n) is 83.8. The van der Waals surface area contributed by atoms with Crippen molar-refractivity contribution in [2.45, 2.75) is 157 Å². The van der Waals surface area contributed by atoms with Gasteiger partial charge in [0.05, 0.1) is 77.0 Å². The van der Waals surface area contributed by atoms with E-state index in [1.54, 1.807) is 60.7 Å². The molecule has 0 radical (unpaired) electrons. The van der Waals surface area contributed by atoms with Crippen molar-refractivity contribution in [3.8, 4) is 33.4 Å². The zero-order chi connectivity index (χ0) is 101. The highest BCUT2D eigenvalue weighted by molar-refractivity contribution is 6.33. The van der Waals surface area contributed by atoms with Crippen LogP contribution in [0.25, 0.3) is 100 Å². The van der Waals surface area contributed by atoms with Gasteiger partial charge in [0.25, 0.3) is 11.4 Å². The molecule has 18 nitrogen and oxygen atoms in total. The van der Waals surface area contributed by atoms with Crippen LogP contribution in [0.2, 0.25) is 0 Å². The van der Waals surface area contributed by atoms with E-state index < -0.39 is 22.8 Å². The molecule has 16 aromatic rings. The number of H-pyrrole nitrogens is 4. The molecule has 12 aromatic carbocycles. The van der Waals surface area contributed by atoms with E-state index in [0.29, 0.717) is 132 Å². The Balaban J connectivity index is 0.980. The molecule has 18 heteroatoms. The summed E-state index contributed by atoms with van der Waals surface area (Å²) < 4.78 is 14.7. The quantitative estimate of drug-likeness (QED) is 0.0489. The first-order chi connectivity index (χ1) is 68.7. The van der Waals surface area contributed by atoms with Crippen LogP contribution in [0.3, 0.4) is 0 Å². The number of aromatic amines is 4. The topological polar surface area (TPSA) is 251 Å². The molecule has 22 rings (SSSR count). The molecule has 0 fully saturated rings. The molecule has 0 aliphatic carbocycles. The fraction of sp³-hybridized carbons (Fsp3) is 0.190. The van der Waals surface area contributed by atoms with Crippen molar-refractivity contribution in [2.24, 2.45) is 20.0 Å². The molecular weight excluding hydrogens is 1780 g/mol. The van der Waals surface area contributed by atoms with Gasteiger partial charge < -0.3 is 29.4 Å². The zero-order valence-corrected chi connectivity index (χ0v) is 83.8. The number of carbonyl (C=O) groups excluding carboxylic acids is 2. The van der Waals surface area contributed by atoms with E-state index in [1.165, 1.54) is 0 Å². The summed E-state index contributed by atoms with van der Waals surface area (Å²) in [6, 6.07) is 95.6. The molecule has 710 valence electrons. The molecule has 0 spiro atoms. The number of nitro groups is 2. The number of allylic oxidation sites excluding steroid dienone is 4. The van der Waals surface area contributed by atoms with E-state index in [0.717, 1.165) is 77.2 Å². The average molecular weight is 1890 g/mol. The second kappa shape index (κ2) is 34.0. The molecule has 0 saturated carbocycles. The normalized spacial score (nSPS) is 14.6. The summed E-state index contributed by atoms with van der Waals surface area (Å²) in [6.07, 6.45) is 3.12. The van der Waals surface area contributed by atoms with Crippen LogP contribution in [-0.2, 0) is 42.0 Å². The van der Waals surface area contributed by atoms with Gasteiger partial charge in [-0.3, -0.25) is 20.2 Å². The number of aliphatic imine (C=N–C) groups is 2. The number of esters is 2. The molecule has 0 unspecified atom stereocenters. The Morgan fingerprint density at radius 1 is 0.292 bits per heavy atom. The molecule has 4 N–H and O–H groups in total. The van der Waals surface area contributed by atoms with Crippen molar-refractivity contribution < 1.29 is 28.9 Å². The summed E-state index contributed by atoms with van der Waals surface area (Å²) >= 11 is 0. The summed E-state index contributed by atoms with van der Waals surface area (Å²) in [5.74, 6) is -1.14. The SMILES string of the molecule is CC(C)(C)c1ccc(C2=C3C=C([N+](=O)[O-])C(=N3)C(c3ccc(C(C)(C)C)cc3)=c3ccc([nH]3)=c3c4c(c(-c5ccccc5)c5cc(C(C)(C)C)ccc35)C(OC(=O)c3ccccc3)=C(N=4)c3cc(-c4cc5[nH]c4C(c4ccc(C(C)(C)C)cc4)=C4C=C([N+](=O)[O-])C(=N4)C(c4ccc(C(C)(C)C)cc4)=c4ccc([nH]4)=c4c6c(c(-c7ccccc7)c7cc(C(C)(C)C)ccc47)C(OC(=O)c4ccccc4)=C5N=6)c2[nH]3)cc1. The van der Waals surface area contributed by atoms with Crippen LogP contribution in [0.15, 0.2) is 346 Å². The second-order valence-corrected chi connectivity index (χ2v) is 44.4. The lowest BCUT2D eigenvalue weighted by Crippen LogP contribution is -2.20. The van der Waals surface area contributed by atoms with E-state index in [-0.39, 0.29) is 99.8 Å². The first kappa shape index (κ1) is 92.2. The van der Waals surface area contributed by atoms with Gasteiger partial charge >= 0.3 is 11.9 Å². The number of nitrogens with one attached hydrogen (secondary N) is 4. The highest BCUT2D eigenvalue weighted by Crippen LogP contribution is 2.52. The summed E-state index contributed by atoms with van der Waals surface area (Å²) in [5.41, 5.74) is 15.0. The van der Waals surface area contributed by atoms with E-state index in [9.17, 15) is 0 Å². The molecule has 0 saturated heterocycles. The Kier molecular flexibility index (Phi) is 21.7. The maximum atomic E-state index is 16.1. The molecule has 4 aromatic heterocycles. The average Bonchev–Trinajstić information content (AvgIpc) is 1.54. The van der Waals surface area contributed by atoms with E-state index >= 15 is 29.8 Å². The number of fused-ring (bicyclic) bond motifs is 18. The predicted octanol–water partition coefficient (Wildman–Crippen LogP) is 26.5. The minimum Gasteiger partial charge on any atom is -0.420 e. The molecule has 10 heterocycles. The molecule has 0 amide bonds. The van der Waals surface area contributed by atoms with Crippen LogP contribution < -0.4 is 21.4 Å². The van der Waals surface area contributed by atoms with Gasteiger partial charge in [0.2, 0.25) is 0 Å². The molecule has 0 atom stereocenters. The summed E-state index contributed by atoms with van der Waals surface area (Å²) in [5, 5.41) is 37.6. The van der Waals surface area contributed by atoms with Gasteiger partial charge in [-0.15, -0.1) is 0 Å². The highest BCUT2D eigenvalue weighted by Gasteiger charge is 2.42. The van der Waals surface area contributed by atoms with Crippen molar-refractivity contribution >= 4 is 90.1 Å². The van der Waals surface area contributed by atoms with Crippen LogP contribution in [-0.4, -0.2) is 53.1 Å². The van der Waals surface area contributed by atoms with E-state index in [2.05, 4.69) is 254 Å². The lowest BCUT2D eigenvalue weighted by atomic mass is 9.83. The Hall–Kier alpha value is -16.9. The maximum absolute atomic E-state index is 16.1. The minimum atomic E-state index is -0.676. The second-order valence-electron chi connectivity index (χ2n) is 44.4. The molecule has 144 heavy (non-hydrogen) atoms. The van der Waals surface area contributed by atoms with Crippen molar-refractivity contribution in [3.63, 3.8) is 0 Å². The number of benzene rings is 12. The predicted molar refractivity (Wildman–Crippen MR) is 575 cm³/mol. The first-order valence-corrected chi connectivity index (χ1v) is 49.0.